The lowest BCUT2D eigenvalue weighted by Crippen LogP contribution is -2.25. The van der Waals surface area contributed by atoms with E-state index in [1.807, 2.05) is 43.3 Å². The highest BCUT2D eigenvalue weighted by molar-refractivity contribution is 7.92. The molecule has 31 heavy (non-hydrogen) atoms. The Morgan fingerprint density at radius 2 is 1.55 bits per heavy atom. The van der Waals surface area contributed by atoms with Gasteiger partial charge in [0, 0.05) is 30.0 Å². The van der Waals surface area contributed by atoms with Crippen LogP contribution in [0, 0.1) is 13.8 Å². The molecule has 0 saturated heterocycles. The van der Waals surface area contributed by atoms with Crippen LogP contribution in [0.2, 0.25) is 0 Å². The van der Waals surface area contributed by atoms with Gasteiger partial charge in [0.2, 0.25) is 0 Å². The van der Waals surface area contributed by atoms with E-state index in [0.717, 1.165) is 24.2 Å². The molecule has 0 aliphatic heterocycles. The molecule has 0 fully saturated rings. The van der Waals surface area contributed by atoms with Gasteiger partial charge in [0.1, 0.15) is 0 Å². The molecule has 1 amide bonds. The Morgan fingerprint density at radius 3 is 2.26 bits per heavy atom. The summed E-state index contributed by atoms with van der Waals surface area (Å²) in [6.45, 7) is 4.91. The number of hydrogen-bond donors (Lipinski definition) is 3. The largest absolute Gasteiger partial charge is 0.385 e. The number of carbonyl (C=O) groups excluding carboxylic acids is 1. The molecular weight excluding hydrogens is 410 g/mol. The average Bonchev–Trinajstić information content (AvgIpc) is 2.76. The van der Waals surface area contributed by atoms with Crippen LogP contribution in [0.5, 0.6) is 0 Å². The smallest absolute Gasteiger partial charge is 0.262 e. The van der Waals surface area contributed by atoms with Crippen LogP contribution in [0.15, 0.2) is 77.7 Å². The molecule has 0 atom stereocenters. The molecule has 3 N–H and O–H groups in total. The van der Waals surface area contributed by atoms with Crippen LogP contribution in [0.4, 0.5) is 11.4 Å². The molecule has 3 aromatic rings. The molecule has 3 rings (SSSR count). The van der Waals surface area contributed by atoms with Gasteiger partial charge in [-0.1, -0.05) is 30.3 Å². The minimum Gasteiger partial charge on any atom is -0.385 e. The summed E-state index contributed by atoms with van der Waals surface area (Å²) in [5.41, 5.74) is 3.48. The number of carbonyl (C=O) groups is 1. The van der Waals surface area contributed by atoms with Crippen LogP contribution in [0.1, 0.15) is 27.9 Å². The Hall–Kier alpha value is -3.32. The standard InChI is InChI=1S/C24H27N3O3S/c1-18-9-10-19(2)23(17-18)31(29,30)27-22-13-11-20(12-14-22)24(28)26-16-6-15-25-21-7-4-3-5-8-21/h3-5,7-14,17,25,27H,6,15-16H2,1-2H3,(H,26,28). The minimum absolute atomic E-state index is 0.191. The molecular formula is C24H27N3O3S. The lowest BCUT2D eigenvalue weighted by molar-refractivity contribution is 0.0953. The van der Waals surface area contributed by atoms with Crippen LogP contribution in [-0.4, -0.2) is 27.4 Å². The van der Waals surface area contributed by atoms with Gasteiger partial charge in [0.25, 0.3) is 15.9 Å². The van der Waals surface area contributed by atoms with Gasteiger partial charge >= 0.3 is 0 Å². The van der Waals surface area contributed by atoms with E-state index in [0.29, 0.717) is 23.4 Å². The number of aryl methyl sites for hydroxylation is 2. The molecule has 162 valence electrons. The van der Waals surface area contributed by atoms with E-state index in [1.54, 1.807) is 43.3 Å². The lowest BCUT2D eigenvalue weighted by atomic mass is 10.2. The molecule has 0 bridgehead atoms. The summed E-state index contributed by atoms with van der Waals surface area (Å²) < 4.78 is 28.0. The molecule has 0 spiro atoms. The van der Waals surface area contributed by atoms with Crippen LogP contribution in [-0.2, 0) is 10.0 Å². The number of hydrogen-bond acceptors (Lipinski definition) is 4. The van der Waals surface area contributed by atoms with Crippen molar-refractivity contribution in [2.75, 3.05) is 23.1 Å². The van der Waals surface area contributed by atoms with Crippen molar-refractivity contribution >= 4 is 27.3 Å². The van der Waals surface area contributed by atoms with Crippen molar-refractivity contribution < 1.29 is 13.2 Å². The van der Waals surface area contributed by atoms with Gasteiger partial charge < -0.3 is 10.6 Å². The first kappa shape index (κ1) is 22.4. The third kappa shape index (κ3) is 6.33. The van der Waals surface area contributed by atoms with Crippen LogP contribution in [0.3, 0.4) is 0 Å². The maximum atomic E-state index is 12.7. The first-order valence-electron chi connectivity index (χ1n) is 10.1. The van der Waals surface area contributed by atoms with Crippen molar-refractivity contribution in [3.05, 3.63) is 89.5 Å². The second-order valence-electron chi connectivity index (χ2n) is 7.35. The molecule has 6 nitrogen and oxygen atoms in total. The maximum Gasteiger partial charge on any atom is 0.262 e. The number of amides is 1. The van der Waals surface area contributed by atoms with Crippen molar-refractivity contribution in [1.82, 2.24) is 5.32 Å². The Bertz CT molecular complexity index is 1130. The molecule has 7 heteroatoms. The van der Waals surface area contributed by atoms with Crippen molar-refractivity contribution in [2.45, 2.75) is 25.2 Å². The Labute approximate surface area is 183 Å². The predicted octanol–water partition coefficient (Wildman–Crippen LogP) is 4.34. The predicted molar refractivity (Wildman–Crippen MR) is 125 cm³/mol. The number of benzene rings is 3. The third-order valence-corrected chi connectivity index (χ3v) is 6.30. The highest BCUT2D eigenvalue weighted by Crippen LogP contribution is 2.21. The summed E-state index contributed by atoms with van der Waals surface area (Å²) in [5, 5.41) is 6.17. The topological polar surface area (TPSA) is 87.3 Å². The summed E-state index contributed by atoms with van der Waals surface area (Å²) in [5.74, 6) is -0.191. The van der Waals surface area contributed by atoms with Crippen LogP contribution in [0.25, 0.3) is 0 Å². The van der Waals surface area contributed by atoms with Gasteiger partial charge in [-0.3, -0.25) is 9.52 Å². The van der Waals surface area contributed by atoms with E-state index >= 15 is 0 Å². The van der Waals surface area contributed by atoms with Crippen molar-refractivity contribution in [1.29, 1.82) is 0 Å². The van der Waals surface area contributed by atoms with E-state index < -0.39 is 10.0 Å². The monoisotopic (exact) mass is 437 g/mol. The first-order valence-corrected chi connectivity index (χ1v) is 11.6. The molecule has 0 unspecified atom stereocenters. The van der Waals surface area contributed by atoms with Gasteiger partial charge in [0.15, 0.2) is 0 Å². The number of sulfonamides is 1. The SMILES string of the molecule is Cc1ccc(C)c(S(=O)(=O)Nc2ccc(C(=O)NCCCNc3ccccc3)cc2)c1. The minimum atomic E-state index is -3.70. The Balaban J connectivity index is 1.51. The first-order chi connectivity index (χ1) is 14.8. The second kappa shape index (κ2) is 10.1. The zero-order chi connectivity index (χ0) is 22.3. The third-order valence-electron chi connectivity index (χ3n) is 4.77. The summed E-state index contributed by atoms with van der Waals surface area (Å²) in [7, 11) is -3.70. The summed E-state index contributed by atoms with van der Waals surface area (Å²) >= 11 is 0. The molecule has 3 aromatic carbocycles. The van der Waals surface area contributed by atoms with Crippen LogP contribution >= 0.6 is 0 Å². The van der Waals surface area contributed by atoms with Gasteiger partial charge in [-0.15, -0.1) is 0 Å². The van der Waals surface area contributed by atoms with E-state index in [-0.39, 0.29) is 10.8 Å². The molecule has 0 aliphatic carbocycles. The molecule has 0 aromatic heterocycles. The number of nitrogens with one attached hydrogen (secondary N) is 3. The van der Waals surface area contributed by atoms with Gasteiger partial charge in [0.05, 0.1) is 4.90 Å². The summed E-state index contributed by atoms with van der Waals surface area (Å²) in [6.07, 6.45) is 0.786. The van der Waals surface area contributed by atoms with Crippen LogP contribution < -0.4 is 15.4 Å². The normalized spacial score (nSPS) is 11.0. The van der Waals surface area contributed by atoms with Crippen molar-refractivity contribution in [3.8, 4) is 0 Å². The van der Waals surface area contributed by atoms with E-state index in [9.17, 15) is 13.2 Å². The zero-order valence-electron chi connectivity index (χ0n) is 17.7. The number of para-hydroxylation sites is 1. The van der Waals surface area contributed by atoms with E-state index in [1.165, 1.54) is 0 Å². The lowest BCUT2D eigenvalue weighted by Gasteiger charge is -2.12. The zero-order valence-corrected chi connectivity index (χ0v) is 18.5. The van der Waals surface area contributed by atoms with Gasteiger partial charge in [-0.25, -0.2) is 8.42 Å². The molecule has 0 aliphatic rings. The number of rotatable bonds is 9. The average molecular weight is 438 g/mol. The summed E-state index contributed by atoms with van der Waals surface area (Å²) in [4.78, 5) is 12.6. The van der Waals surface area contributed by atoms with Crippen molar-refractivity contribution in [2.24, 2.45) is 0 Å². The Kier molecular flexibility index (Phi) is 7.31. The molecule has 0 radical (unpaired) electrons. The fraction of sp³-hybridized carbons (Fsp3) is 0.208. The molecule has 0 saturated carbocycles. The highest BCUT2D eigenvalue weighted by Gasteiger charge is 2.17. The van der Waals surface area contributed by atoms with E-state index in [4.69, 9.17) is 0 Å². The summed E-state index contributed by atoms with van der Waals surface area (Å²) in [6, 6.07) is 21.6. The quantitative estimate of drug-likeness (QED) is 0.435. The van der Waals surface area contributed by atoms with Gasteiger partial charge in [-0.2, -0.15) is 0 Å². The highest BCUT2D eigenvalue weighted by atomic mass is 32.2. The van der Waals surface area contributed by atoms with E-state index in [2.05, 4.69) is 15.4 Å². The van der Waals surface area contributed by atoms with Crippen molar-refractivity contribution in [3.63, 3.8) is 0 Å². The number of anilines is 2. The fourth-order valence-corrected chi connectivity index (χ4v) is 4.47. The Morgan fingerprint density at radius 1 is 0.839 bits per heavy atom. The molecule has 0 heterocycles. The maximum absolute atomic E-state index is 12.7. The fourth-order valence-electron chi connectivity index (χ4n) is 3.08. The second-order valence-corrected chi connectivity index (χ2v) is 9.00. The van der Waals surface area contributed by atoms with Gasteiger partial charge in [-0.05, 0) is 73.9 Å².